The first-order chi connectivity index (χ1) is 16.1. The van der Waals surface area contributed by atoms with Gasteiger partial charge in [-0.05, 0) is 50.2 Å². The van der Waals surface area contributed by atoms with E-state index in [9.17, 15) is 18.4 Å². The third-order valence-corrected chi connectivity index (χ3v) is 5.59. The van der Waals surface area contributed by atoms with Gasteiger partial charge in [0.1, 0.15) is 30.5 Å². The molecule has 0 aliphatic carbocycles. The molecule has 2 amide bonds. The highest BCUT2D eigenvalue weighted by Gasteiger charge is 2.32. The molecule has 2 heterocycles. The highest BCUT2D eigenvalue weighted by Crippen LogP contribution is 2.42. The molecule has 0 unspecified atom stereocenters. The lowest BCUT2D eigenvalue weighted by Crippen LogP contribution is -2.44. The minimum Gasteiger partial charge on any atom is -0.488 e. The van der Waals surface area contributed by atoms with E-state index in [-0.39, 0.29) is 30.6 Å². The summed E-state index contributed by atoms with van der Waals surface area (Å²) in [6.45, 7) is 3.35. The van der Waals surface area contributed by atoms with Crippen molar-refractivity contribution in [3.8, 4) is 17.0 Å². The van der Waals surface area contributed by atoms with Gasteiger partial charge in [-0.1, -0.05) is 11.6 Å². The predicted octanol–water partition coefficient (Wildman–Crippen LogP) is 4.01. The molecule has 0 atom stereocenters. The van der Waals surface area contributed by atoms with Crippen LogP contribution in [0.15, 0.2) is 36.4 Å². The topological polar surface area (TPSA) is 76.5 Å². The van der Waals surface area contributed by atoms with Crippen molar-refractivity contribution < 1.29 is 23.1 Å². The van der Waals surface area contributed by atoms with Crippen molar-refractivity contribution in [1.29, 1.82) is 0 Å². The molecule has 7 nitrogen and oxygen atoms in total. The molecule has 0 bridgehead atoms. The van der Waals surface area contributed by atoms with Crippen LogP contribution in [0.4, 0.5) is 14.6 Å². The van der Waals surface area contributed by atoms with E-state index in [1.807, 2.05) is 0 Å². The predicted molar refractivity (Wildman–Crippen MR) is 124 cm³/mol. The summed E-state index contributed by atoms with van der Waals surface area (Å²) in [5, 5.41) is 7.75. The smallest absolute Gasteiger partial charge is 0.240 e. The lowest BCUT2D eigenvalue weighted by molar-refractivity contribution is -0.124. The molecule has 178 valence electrons. The van der Waals surface area contributed by atoms with E-state index < -0.39 is 29.9 Å². The first-order valence-corrected chi connectivity index (χ1v) is 11.0. The van der Waals surface area contributed by atoms with E-state index in [0.29, 0.717) is 27.6 Å². The maximum Gasteiger partial charge on any atom is 0.240 e. The number of aryl methyl sites for hydroxylation is 1. The highest BCUT2D eigenvalue weighted by atomic mass is 35.5. The number of carbonyl (C=O) groups is 2. The molecule has 1 aliphatic heterocycles. The maximum absolute atomic E-state index is 14.2. The molecule has 1 aromatic heterocycles. The highest BCUT2D eigenvalue weighted by molar-refractivity contribution is 6.31. The Kier molecular flexibility index (Phi) is 6.56. The van der Waals surface area contributed by atoms with Gasteiger partial charge in [0.05, 0.1) is 17.7 Å². The summed E-state index contributed by atoms with van der Waals surface area (Å²) in [6.07, 6.45) is -0.451. The fraction of sp³-hybridized carbons (Fsp3) is 0.292. The number of fused-ring (bicyclic) bond motifs is 3. The van der Waals surface area contributed by atoms with Gasteiger partial charge in [0.2, 0.25) is 11.8 Å². The van der Waals surface area contributed by atoms with Crippen LogP contribution in [0.25, 0.3) is 11.3 Å². The zero-order valence-corrected chi connectivity index (χ0v) is 19.6. The average Bonchev–Trinajstić information content (AvgIpc) is 3.10. The van der Waals surface area contributed by atoms with Crippen LogP contribution in [0.2, 0.25) is 5.02 Å². The maximum atomic E-state index is 14.2. The van der Waals surface area contributed by atoms with Gasteiger partial charge in [-0.25, -0.2) is 8.78 Å². The van der Waals surface area contributed by atoms with Crippen molar-refractivity contribution in [3.05, 3.63) is 64.2 Å². The molecule has 0 saturated heterocycles. The van der Waals surface area contributed by atoms with E-state index in [4.69, 9.17) is 16.3 Å². The van der Waals surface area contributed by atoms with Gasteiger partial charge in [0.15, 0.2) is 5.82 Å². The Morgan fingerprint density at radius 3 is 2.74 bits per heavy atom. The molecule has 3 aromatic rings. The van der Waals surface area contributed by atoms with Gasteiger partial charge < -0.3 is 10.1 Å². The summed E-state index contributed by atoms with van der Waals surface area (Å²) < 4.78 is 35.4. The SMILES string of the molecule is CC(C)NC(=O)CN(C(=O)Cc1cc(F)ccc1F)c1nn(C)c2c1COc1ccc(Cl)cc1-2. The molecule has 0 fully saturated rings. The number of anilines is 1. The van der Waals surface area contributed by atoms with Crippen molar-refractivity contribution in [2.45, 2.75) is 32.9 Å². The normalized spacial score (nSPS) is 12.1. The summed E-state index contributed by atoms with van der Waals surface area (Å²) in [5.41, 5.74) is 1.86. The molecule has 1 aliphatic rings. The standard InChI is InChI=1S/C24H23ClF2N4O3/c1-13(2)28-21(32)11-31(22(33)9-14-8-16(26)5-6-19(14)27)24-18-12-34-20-7-4-15(25)10-17(20)23(18)30(3)29-24/h4-8,10,13H,9,11-12H2,1-3H3,(H,28,32). The minimum atomic E-state index is -0.712. The Labute approximate surface area is 200 Å². The Bertz CT molecular complexity index is 1280. The number of carbonyl (C=O) groups excluding carboxylic acids is 2. The zero-order valence-electron chi connectivity index (χ0n) is 18.9. The largest absolute Gasteiger partial charge is 0.488 e. The number of benzene rings is 2. The zero-order chi connectivity index (χ0) is 24.6. The van der Waals surface area contributed by atoms with Crippen molar-refractivity contribution in [2.24, 2.45) is 7.05 Å². The molecular weight excluding hydrogens is 466 g/mol. The summed E-state index contributed by atoms with van der Waals surface area (Å²) in [6, 6.07) is 7.95. The first kappa shape index (κ1) is 23.7. The molecule has 10 heteroatoms. The number of halogens is 3. The summed E-state index contributed by atoms with van der Waals surface area (Å²) in [7, 11) is 1.71. The summed E-state index contributed by atoms with van der Waals surface area (Å²) in [5.74, 6) is -1.57. The van der Waals surface area contributed by atoms with Gasteiger partial charge in [-0.3, -0.25) is 19.2 Å². The molecule has 0 saturated carbocycles. The number of nitrogens with one attached hydrogen (secondary N) is 1. The van der Waals surface area contributed by atoms with Gasteiger partial charge in [0.25, 0.3) is 0 Å². The fourth-order valence-corrected chi connectivity index (χ4v) is 4.11. The van der Waals surface area contributed by atoms with Crippen molar-refractivity contribution in [1.82, 2.24) is 15.1 Å². The van der Waals surface area contributed by atoms with Crippen LogP contribution >= 0.6 is 11.6 Å². The van der Waals surface area contributed by atoms with Crippen LogP contribution < -0.4 is 15.0 Å². The molecular formula is C24H23ClF2N4O3. The van der Waals surface area contributed by atoms with Gasteiger partial charge in [-0.2, -0.15) is 5.10 Å². The number of amides is 2. The van der Waals surface area contributed by atoms with E-state index in [1.165, 1.54) is 4.90 Å². The van der Waals surface area contributed by atoms with Gasteiger partial charge in [-0.15, -0.1) is 0 Å². The number of rotatable bonds is 6. The number of aromatic nitrogens is 2. The number of hydrogen-bond donors (Lipinski definition) is 1. The second-order valence-corrected chi connectivity index (χ2v) is 8.75. The first-order valence-electron chi connectivity index (χ1n) is 10.7. The lowest BCUT2D eigenvalue weighted by Gasteiger charge is -2.24. The second kappa shape index (κ2) is 9.42. The third kappa shape index (κ3) is 4.75. The van der Waals surface area contributed by atoms with Crippen molar-refractivity contribution in [3.63, 3.8) is 0 Å². The number of nitrogens with zero attached hydrogens (tertiary/aromatic N) is 3. The Morgan fingerprint density at radius 1 is 1.24 bits per heavy atom. The van der Waals surface area contributed by atoms with Gasteiger partial charge in [0, 0.05) is 29.2 Å². The van der Waals surface area contributed by atoms with E-state index >= 15 is 0 Å². The average molecular weight is 489 g/mol. The van der Waals surface area contributed by atoms with E-state index in [0.717, 1.165) is 18.2 Å². The Hall–Kier alpha value is -3.46. The van der Waals surface area contributed by atoms with Crippen LogP contribution in [-0.4, -0.2) is 34.2 Å². The summed E-state index contributed by atoms with van der Waals surface area (Å²) >= 11 is 6.18. The molecule has 34 heavy (non-hydrogen) atoms. The molecule has 1 N–H and O–H groups in total. The van der Waals surface area contributed by atoms with E-state index in [2.05, 4.69) is 10.4 Å². The number of ether oxygens (including phenoxy) is 1. The van der Waals surface area contributed by atoms with Crippen LogP contribution in [-0.2, 0) is 29.7 Å². The summed E-state index contributed by atoms with van der Waals surface area (Å²) in [4.78, 5) is 27.1. The Balaban J connectivity index is 1.76. The molecule has 2 aromatic carbocycles. The van der Waals surface area contributed by atoms with Crippen LogP contribution in [0.1, 0.15) is 25.0 Å². The minimum absolute atomic E-state index is 0.108. The fourth-order valence-electron chi connectivity index (χ4n) is 3.93. The monoisotopic (exact) mass is 488 g/mol. The third-order valence-electron chi connectivity index (χ3n) is 5.35. The van der Waals surface area contributed by atoms with Crippen LogP contribution in [0.3, 0.4) is 0 Å². The van der Waals surface area contributed by atoms with E-state index in [1.54, 1.807) is 43.8 Å². The van der Waals surface area contributed by atoms with Crippen LogP contribution in [0, 0.1) is 11.6 Å². The van der Waals surface area contributed by atoms with Gasteiger partial charge >= 0.3 is 0 Å². The van der Waals surface area contributed by atoms with Crippen LogP contribution in [0.5, 0.6) is 5.75 Å². The molecule has 0 spiro atoms. The molecule has 0 radical (unpaired) electrons. The van der Waals surface area contributed by atoms with Crippen molar-refractivity contribution >= 4 is 29.2 Å². The lowest BCUT2D eigenvalue weighted by atomic mass is 10.0. The quantitative estimate of drug-likeness (QED) is 0.569. The number of hydrogen-bond acceptors (Lipinski definition) is 4. The van der Waals surface area contributed by atoms with Crippen molar-refractivity contribution in [2.75, 3.05) is 11.4 Å². The second-order valence-electron chi connectivity index (χ2n) is 8.32. The Morgan fingerprint density at radius 2 is 2.00 bits per heavy atom. The molecule has 4 rings (SSSR count).